The van der Waals surface area contributed by atoms with Gasteiger partial charge in [-0.3, -0.25) is 0 Å². The van der Waals surface area contributed by atoms with Crippen LogP contribution in [0, 0.1) is 0 Å². The first kappa shape index (κ1) is 9.35. The van der Waals surface area contributed by atoms with Crippen LogP contribution in [0.1, 0.15) is 6.92 Å². The Labute approximate surface area is 57.5 Å². The summed E-state index contributed by atoms with van der Waals surface area (Å²) in [6.45, 7) is 1.19. The summed E-state index contributed by atoms with van der Waals surface area (Å²) in [5, 5.41) is 33.9. The van der Waals surface area contributed by atoms with E-state index in [0.29, 0.717) is 0 Å². The van der Waals surface area contributed by atoms with E-state index in [2.05, 4.69) is 0 Å². The van der Waals surface area contributed by atoms with Crippen LogP contribution in [-0.4, -0.2) is 44.7 Å². The number of carboxylic acids is 1. The first-order chi connectivity index (χ1) is 4.46. The zero-order valence-electron chi connectivity index (χ0n) is 5.43. The number of rotatable bonds is 3. The van der Waals surface area contributed by atoms with Crippen LogP contribution in [0.3, 0.4) is 0 Å². The van der Waals surface area contributed by atoms with Crippen LogP contribution in [-0.2, 0) is 4.79 Å². The summed E-state index contributed by atoms with van der Waals surface area (Å²) in [4.78, 5) is 9.92. The molecule has 0 saturated carbocycles. The second-order valence-corrected chi connectivity index (χ2v) is 2.01. The summed E-state index contributed by atoms with van der Waals surface area (Å²) in [5.41, 5.74) is 0. The maximum absolute atomic E-state index is 9.92. The van der Waals surface area contributed by atoms with Crippen molar-refractivity contribution in [3.63, 3.8) is 0 Å². The first-order valence-corrected chi connectivity index (χ1v) is 2.74. The minimum Gasteiger partial charge on any atom is -0.479 e. The number of aliphatic hydroxyl groups is 3. The highest BCUT2D eigenvalue weighted by Gasteiger charge is 2.26. The zero-order chi connectivity index (χ0) is 8.31. The average molecular weight is 150 g/mol. The molecule has 10 heavy (non-hydrogen) atoms. The van der Waals surface area contributed by atoms with Gasteiger partial charge in [0.2, 0.25) is 0 Å². The number of aliphatic hydroxyl groups excluding tert-OH is 3. The molecule has 0 aliphatic heterocycles. The quantitative estimate of drug-likeness (QED) is 0.379. The van der Waals surface area contributed by atoms with Gasteiger partial charge in [-0.1, -0.05) is 0 Å². The second-order valence-electron chi connectivity index (χ2n) is 2.01. The number of hydrogen-bond donors (Lipinski definition) is 4. The lowest BCUT2D eigenvalue weighted by molar-refractivity contribution is -0.157. The zero-order valence-corrected chi connectivity index (χ0v) is 5.43. The van der Waals surface area contributed by atoms with Crippen molar-refractivity contribution in [1.29, 1.82) is 0 Å². The third-order valence-electron chi connectivity index (χ3n) is 1.07. The number of carboxylic acid groups (broad SMARTS) is 1. The predicted octanol–water partition coefficient (Wildman–Crippen LogP) is -1.83. The summed E-state index contributed by atoms with van der Waals surface area (Å²) >= 11 is 0. The lowest BCUT2D eigenvalue weighted by Gasteiger charge is -2.15. The Kier molecular flexibility index (Phi) is 3.27. The van der Waals surface area contributed by atoms with Gasteiger partial charge in [-0.15, -0.1) is 0 Å². The lowest BCUT2D eigenvalue weighted by atomic mass is 10.1. The normalized spacial score (nSPS) is 19.6. The molecule has 5 nitrogen and oxygen atoms in total. The van der Waals surface area contributed by atoms with E-state index in [9.17, 15) is 4.79 Å². The highest BCUT2D eigenvalue weighted by atomic mass is 16.4. The smallest absolute Gasteiger partial charge is 0.335 e. The minimum absolute atomic E-state index is 1.19. The van der Waals surface area contributed by atoms with Gasteiger partial charge in [0.25, 0.3) is 0 Å². The van der Waals surface area contributed by atoms with E-state index in [1.807, 2.05) is 0 Å². The predicted molar refractivity (Wildman–Crippen MR) is 31.3 cm³/mol. The van der Waals surface area contributed by atoms with Gasteiger partial charge in [0.05, 0.1) is 6.10 Å². The molecule has 4 N–H and O–H groups in total. The third-order valence-corrected chi connectivity index (χ3v) is 1.07. The van der Waals surface area contributed by atoms with Crippen LogP contribution in [0.5, 0.6) is 0 Å². The highest BCUT2D eigenvalue weighted by Crippen LogP contribution is 1.98. The van der Waals surface area contributed by atoms with Crippen molar-refractivity contribution in [3.8, 4) is 0 Å². The average Bonchev–Trinajstić information content (AvgIpc) is 1.84. The Bertz CT molecular complexity index is 121. The molecule has 5 heteroatoms. The van der Waals surface area contributed by atoms with Crippen molar-refractivity contribution in [2.24, 2.45) is 0 Å². The highest BCUT2D eigenvalue weighted by molar-refractivity contribution is 5.72. The Morgan fingerprint density at radius 2 is 1.70 bits per heavy atom. The summed E-state index contributed by atoms with van der Waals surface area (Å²) < 4.78 is 0. The van der Waals surface area contributed by atoms with Crippen molar-refractivity contribution in [2.75, 3.05) is 0 Å². The first-order valence-electron chi connectivity index (χ1n) is 2.74. The molecule has 0 aromatic heterocycles. The van der Waals surface area contributed by atoms with Crippen molar-refractivity contribution in [2.45, 2.75) is 25.2 Å². The molecule has 0 aromatic carbocycles. The standard InChI is InChI=1S/C5H10O5/c1-2(6)3(7)4(8)5(9)10/h2-4,6-8H,1H3,(H,9,10)/t2-,3+,4+/m0/s1. The molecule has 0 radical (unpaired) electrons. The van der Waals surface area contributed by atoms with Crippen molar-refractivity contribution >= 4 is 5.97 Å². The van der Waals surface area contributed by atoms with E-state index < -0.39 is 24.3 Å². The Hall–Kier alpha value is -0.650. The van der Waals surface area contributed by atoms with E-state index in [1.165, 1.54) is 6.92 Å². The maximum Gasteiger partial charge on any atom is 0.335 e. The summed E-state index contributed by atoms with van der Waals surface area (Å²) in [7, 11) is 0. The Morgan fingerprint density at radius 3 is 1.80 bits per heavy atom. The summed E-state index contributed by atoms with van der Waals surface area (Å²) in [5.74, 6) is -1.55. The third kappa shape index (κ3) is 2.30. The van der Waals surface area contributed by atoms with Gasteiger partial charge < -0.3 is 20.4 Å². The molecular formula is C5H10O5. The van der Waals surface area contributed by atoms with Crippen LogP contribution in [0.4, 0.5) is 0 Å². The Balaban J connectivity index is 3.94. The van der Waals surface area contributed by atoms with Crippen LogP contribution in [0.15, 0.2) is 0 Å². The largest absolute Gasteiger partial charge is 0.479 e. The van der Waals surface area contributed by atoms with Gasteiger partial charge in [-0.2, -0.15) is 0 Å². The molecule has 3 atom stereocenters. The summed E-state index contributed by atoms with van der Waals surface area (Å²) in [6.07, 6.45) is -4.79. The van der Waals surface area contributed by atoms with Crippen molar-refractivity contribution in [1.82, 2.24) is 0 Å². The monoisotopic (exact) mass is 150 g/mol. The molecule has 0 amide bonds. The van der Waals surface area contributed by atoms with Gasteiger partial charge in [0.1, 0.15) is 6.10 Å². The fraction of sp³-hybridized carbons (Fsp3) is 0.800. The van der Waals surface area contributed by atoms with Crippen molar-refractivity contribution in [3.05, 3.63) is 0 Å². The molecule has 0 saturated heterocycles. The van der Waals surface area contributed by atoms with Gasteiger partial charge >= 0.3 is 5.97 Å². The molecule has 0 aromatic rings. The van der Waals surface area contributed by atoms with E-state index >= 15 is 0 Å². The van der Waals surface area contributed by atoms with Crippen LogP contribution in [0.2, 0.25) is 0 Å². The SMILES string of the molecule is C[C@H](O)[C@@H](O)[C@@H](O)C(=O)O. The van der Waals surface area contributed by atoms with Crippen LogP contribution >= 0.6 is 0 Å². The van der Waals surface area contributed by atoms with E-state index in [-0.39, 0.29) is 0 Å². The molecule has 0 rings (SSSR count). The molecule has 0 fully saturated rings. The fourth-order valence-corrected chi connectivity index (χ4v) is 0.410. The Morgan fingerprint density at radius 1 is 1.30 bits per heavy atom. The van der Waals surface area contributed by atoms with Crippen LogP contribution in [0.25, 0.3) is 0 Å². The van der Waals surface area contributed by atoms with E-state index in [4.69, 9.17) is 20.4 Å². The molecule has 0 heterocycles. The fourth-order valence-electron chi connectivity index (χ4n) is 0.410. The van der Waals surface area contributed by atoms with Gasteiger partial charge in [0.15, 0.2) is 6.10 Å². The molecule has 0 unspecified atom stereocenters. The molecule has 60 valence electrons. The van der Waals surface area contributed by atoms with Gasteiger partial charge in [-0.25, -0.2) is 4.79 Å². The molecule has 0 spiro atoms. The minimum atomic E-state index is -1.92. The van der Waals surface area contributed by atoms with Gasteiger partial charge in [-0.05, 0) is 6.92 Å². The second kappa shape index (κ2) is 3.50. The van der Waals surface area contributed by atoms with Crippen molar-refractivity contribution < 1.29 is 25.2 Å². The summed E-state index contributed by atoms with van der Waals surface area (Å²) in [6, 6.07) is 0. The topological polar surface area (TPSA) is 98.0 Å². The number of aliphatic carboxylic acids is 1. The molecule has 0 aliphatic rings. The molecular weight excluding hydrogens is 140 g/mol. The lowest BCUT2D eigenvalue weighted by Crippen LogP contribution is -2.40. The maximum atomic E-state index is 9.92. The molecule has 0 aliphatic carbocycles. The van der Waals surface area contributed by atoms with E-state index in [1.54, 1.807) is 0 Å². The number of hydrogen-bond acceptors (Lipinski definition) is 4. The van der Waals surface area contributed by atoms with E-state index in [0.717, 1.165) is 0 Å². The molecule has 0 bridgehead atoms. The van der Waals surface area contributed by atoms with Gasteiger partial charge in [0, 0.05) is 0 Å². The van der Waals surface area contributed by atoms with Crippen LogP contribution < -0.4 is 0 Å². The number of carbonyl (C=O) groups is 1.